The molecule has 26 heavy (non-hydrogen) atoms. The van der Waals surface area contributed by atoms with Gasteiger partial charge in [0, 0.05) is 17.4 Å². The SMILES string of the molecule is O=C(CSc1nccn1-c1cccc(F)c1)Nc1c(Cl)cc(Cl)cc1Cl. The van der Waals surface area contributed by atoms with Crippen LogP contribution in [0.25, 0.3) is 5.69 Å². The summed E-state index contributed by atoms with van der Waals surface area (Å²) in [4.78, 5) is 16.4. The van der Waals surface area contributed by atoms with Crippen LogP contribution in [0.5, 0.6) is 0 Å². The zero-order valence-electron chi connectivity index (χ0n) is 13.0. The normalized spacial score (nSPS) is 10.8. The standard InChI is InChI=1S/C17H11Cl3FN3OS/c18-10-6-13(19)16(14(20)7-10)23-15(25)9-26-17-22-4-5-24(17)12-3-1-2-11(21)8-12/h1-8H,9H2,(H,23,25). The molecule has 2 aromatic carbocycles. The Hall–Kier alpha value is -1.73. The van der Waals surface area contributed by atoms with Gasteiger partial charge in [-0.1, -0.05) is 52.6 Å². The maximum Gasteiger partial charge on any atom is 0.234 e. The third-order valence-corrected chi connectivity index (χ3v) is 5.08. The number of carbonyl (C=O) groups excluding carboxylic acids is 1. The van der Waals surface area contributed by atoms with Crippen molar-refractivity contribution < 1.29 is 9.18 Å². The molecule has 3 aromatic rings. The molecule has 0 radical (unpaired) electrons. The van der Waals surface area contributed by atoms with Gasteiger partial charge < -0.3 is 5.32 Å². The molecule has 0 aliphatic rings. The predicted molar refractivity (Wildman–Crippen MR) is 104 cm³/mol. The highest BCUT2D eigenvalue weighted by atomic mass is 35.5. The van der Waals surface area contributed by atoms with Crippen LogP contribution in [0.2, 0.25) is 15.1 Å². The van der Waals surface area contributed by atoms with E-state index in [9.17, 15) is 9.18 Å². The van der Waals surface area contributed by atoms with Gasteiger partial charge in [0.25, 0.3) is 0 Å². The number of amides is 1. The Morgan fingerprint density at radius 3 is 2.62 bits per heavy atom. The van der Waals surface area contributed by atoms with E-state index in [4.69, 9.17) is 34.8 Å². The van der Waals surface area contributed by atoms with Crippen LogP contribution in [-0.2, 0) is 4.79 Å². The first-order chi connectivity index (χ1) is 12.4. The van der Waals surface area contributed by atoms with Crippen molar-refractivity contribution in [3.05, 3.63) is 69.7 Å². The van der Waals surface area contributed by atoms with E-state index >= 15 is 0 Å². The molecule has 0 spiro atoms. The van der Waals surface area contributed by atoms with Crippen LogP contribution < -0.4 is 5.32 Å². The smallest absolute Gasteiger partial charge is 0.234 e. The van der Waals surface area contributed by atoms with E-state index < -0.39 is 0 Å². The monoisotopic (exact) mass is 429 g/mol. The Balaban J connectivity index is 1.69. The minimum absolute atomic E-state index is 0.0710. The molecule has 0 unspecified atom stereocenters. The number of aromatic nitrogens is 2. The van der Waals surface area contributed by atoms with Crippen LogP contribution >= 0.6 is 46.6 Å². The predicted octanol–water partition coefficient (Wildman–Crippen LogP) is 5.70. The summed E-state index contributed by atoms with van der Waals surface area (Å²) in [6.07, 6.45) is 3.28. The van der Waals surface area contributed by atoms with Crippen LogP contribution in [-0.4, -0.2) is 21.2 Å². The van der Waals surface area contributed by atoms with Gasteiger partial charge in [-0.2, -0.15) is 0 Å². The molecule has 4 nitrogen and oxygen atoms in total. The number of hydrogen-bond acceptors (Lipinski definition) is 3. The number of hydrogen-bond donors (Lipinski definition) is 1. The lowest BCUT2D eigenvalue weighted by Crippen LogP contribution is -2.15. The average Bonchev–Trinajstić information content (AvgIpc) is 3.05. The summed E-state index contributed by atoms with van der Waals surface area (Å²) in [5, 5.41) is 4.09. The molecule has 0 saturated heterocycles. The molecule has 1 aromatic heterocycles. The summed E-state index contributed by atoms with van der Waals surface area (Å²) in [6.45, 7) is 0. The van der Waals surface area contributed by atoms with Crippen LogP contribution in [0.15, 0.2) is 53.9 Å². The van der Waals surface area contributed by atoms with Gasteiger partial charge in [-0.05, 0) is 30.3 Å². The fraction of sp³-hybridized carbons (Fsp3) is 0.0588. The Kier molecular flexibility index (Phi) is 6.09. The minimum atomic E-state index is -0.350. The highest BCUT2D eigenvalue weighted by Crippen LogP contribution is 2.34. The molecule has 1 heterocycles. The van der Waals surface area contributed by atoms with Crippen molar-refractivity contribution in [3.63, 3.8) is 0 Å². The third kappa shape index (κ3) is 4.51. The average molecular weight is 431 g/mol. The first kappa shape index (κ1) is 19.0. The van der Waals surface area contributed by atoms with Crippen molar-refractivity contribution in [3.8, 4) is 5.69 Å². The van der Waals surface area contributed by atoms with Gasteiger partial charge in [-0.15, -0.1) is 0 Å². The fourth-order valence-electron chi connectivity index (χ4n) is 2.19. The number of nitrogens with one attached hydrogen (secondary N) is 1. The Labute approximate surface area is 168 Å². The summed E-state index contributed by atoms with van der Waals surface area (Å²) in [7, 11) is 0. The summed E-state index contributed by atoms with van der Waals surface area (Å²) < 4.78 is 15.1. The summed E-state index contributed by atoms with van der Waals surface area (Å²) in [6, 6.07) is 9.10. The molecular formula is C17H11Cl3FN3OS. The number of anilines is 1. The lowest BCUT2D eigenvalue weighted by atomic mass is 10.3. The number of benzene rings is 2. The number of halogens is 4. The Morgan fingerprint density at radius 1 is 1.19 bits per heavy atom. The van der Waals surface area contributed by atoms with Crippen molar-refractivity contribution in [2.45, 2.75) is 5.16 Å². The van der Waals surface area contributed by atoms with Gasteiger partial charge in [0.2, 0.25) is 5.91 Å². The molecule has 0 fully saturated rings. The molecule has 1 amide bonds. The van der Waals surface area contributed by atoms with Gasteiger partial charge in [0.15, 0.2) is 5.16 Å². The van der Waals surface area contributed by atoms with Crippen molar-refractivity contribution in [1.29, 1.82) is 0 Å². The van der Waals surface area contributed by atoms with Crippen molar-refractivity contribution in [1.82, 2.24) is 9.55 Å². The van der Waals surface area contributed by atoms with E-state index in [2.05, 4.69) is 10.3 Å². The molecule has 3 rings (SSSR count). The second-order valence-electron chi connectivity index (χ2n) is 5.14. The molecule has 0 atom stereocenters. The number of nitrogens with zero attached hydrogens (tertiary/aromatic N) is 2. The second kappa shape index (κ2) is 8.31. The first-order valence-electron chi connectivity index (χ1n) is 7.30. The molecule has 0 saturated carbocycles. The molecule has 1 N–H and O–H groups in total. The van der Waals surface area contributed by atoms with E-state index in [0.29, 0.717) is 21.6 Å². The van der Waals surface area contributed by atoms with Gasteiger partial charge in [0.1, 0.15) is 5.82 Å². The number of thioether (sulfide) groups is 1. The number of imidazole rings is 1. The van der Waals surface area contributed by atoms with Crippen LogP contribution in [0.4, 0.5) is 10.1 Å². The van der Waals surface area contributed by atoms with Gasteiger partial charge in [0.05, 0.1) is 27.2 Å². The Bertz CT molecular complexity index is 941. The first-order valence-corrected chi connectivity index (χ1v) is 9.42. The zero-order valence-corrected chi connectivity index (χ0v) is 16.1. The molecular weight excluding hydrogens is 420 g/mol. The molecule has 0 aliphatic carbocycles. The third-order valence-electron chi connectivity index (χ3n) is 3.30. The molecule has 134 valence electrons. The van der Waals surface area contributed by atoms with Crippen molar-refractivity contribution in [2.24, 2.45) is 0 Å². The van der Waals surface area contributed by atoms with Crippen molar-refractivity contribution in [2.75, 3.05) is 11.1 Å². The lowest BCUT2D eigenvalue weighted by molar-refractivity contribution is -0.113. The molecule has 0 bridgehead atoms. The molecule has 9 heteroatoms. The maximum atomic E-state index is 13.4. The summed E-state index contributed by atoms with van der Waals surface area (Å²) in [5.41, 5.74) is 0.922. The fourth-order valence-corrected chi connectivity index (χ4v) is 3.87. The van der Waals surface area contributed by atoms with Gasteiger partial charge in [-0.25, -0.2) is 9.37 Å². The molecule has 0 aliphatic heterocycles. The van der Waals surface area contributed by atoms with E-state index in [1.165, 1.54) is 36.0 Å². The van der Waals surface area contributed by atoms with E-state index in [1.54, 1.807) is 29.1 Å². The summed E-state index contributed by atoms with van der Waals surface area (Å²) in [5.74, 6) is -0.589. The van der Waals surface area contributed by atoms with Gasteiger partial charge in [-0.3, -0.25) is 9.36 Å². The lowest BCUT2D eigenvalue weighted by Gasteiger charge is -2.10. The van der Waals surface area contributed by atoms with Crippen LogP contribution in [0.3, 0.4) is 0 Å². The van der Waals surface area contributed by atoms with Crippen LogP contribution in [0, 0.1) is 5.82 Å². The quantitative estimate of drug-likeness (QED) is 0.528. The van der Waals surface area contributed by atoms with E-state index in [0.717, 1.165) is 0 Å². The topological polar surface area (TPSA) is 46.9 Å². The number of carbonyl (C=O) groups is 1. The zero-order chi connectivity index (χ0) is 18.7. The number of rotatable bonds is 5. The highest BCUT2D eigenvalue weighted by molar-refractivity contribution is 7.99. The second-order valence-corrected chi connectivity index (χ2v) is 7.33. The summed E-state index contributed by atoms with van der Waals surface area (Å²) >= 11 is 19.2. The Morgan fingerprint density at radius 2 is 1.92 bits per heavy atom. The largest absolute Gasteiger partial charge is 0.323 e. The van der Waals surface area contributed by atoms with E-state index in [1.807, 2.05) is 0 Å². The minimum Gasteiger partial charge on any atom is -0.323 e. The van der Waals surface area contributed by atoms with Crippen molar-refractivity contribution >= 4 is 58.2 Å². The highest BCUT2D eigenvalue weighted by Gasteiger charge is 2.13. The van der Waals surface area contributed by atoms with E-state index in [-0.39, 0.29) is 27.5 Å². The maximum absolute atomic E-state index is 13.4. The van der Waals surface area contributed by atoms with Crippen LogP contribution in [0.1, 0.15) is 0 Å². The van der Waals surface area contributed by atoms with Gasteiger partial charge >= 0.3 is 0 Å².